The van der Waals surface area contributed by atoms with Gasteiger partial charge in [0.2, 0.25) is 0 Å². The number of aryl methyl sites for hydroxylation is 2. The number of rotatable bonds is 7. The maximum Gasteiger partial charge on any atom is 0.387 e. The van der Waals surface area contributed by atoms with Crippen molar-refractivity contribution in [2.24, 2.45) is 0 Å². The summed E-state index contributed by atoms with van der Waals surface area (Å²) in [5.41, 5.74) is 1.74. The summed E-state index contributed by atoms with van der Waals surface area (Å²) in [6.07, 6.45) is -2.63. The summed E-state index contributed by atoms with van der Waals surface area (Å²) in [6, 6.07) is 10.5. The molecule has 0 aliphatic carbocycles. The molecule has 0 aliphatic rings. The van der Waals surface area contributed by atoms with Gasteiger partial charge in [-0.2, -0.15) is 0 Å². The molecule has 2 rings (SSSR count). The van der Waals surface area contributed by atoms with Crippen LogP contribution in [0.1, 0.15) is 37.4 Å². The van der Waals surface area contributed by atoms with Crippen LogP contribution in [0.3, 0.4) is 0 Å². The molecule has 0 amide bonds. The maximum atomic E-state index is 12.4. The number of carboxylic acids is 2. The first-order chi connectivity index (χ1) is 13.2. The van der Waals surface area contributed by atoms with E-state index in [1.54, 1.807) is 25.1 Å². The Labute approximate surface area is 160 Å². The average molecular weight is 386 g/mol. The molecule has 0 bridgehead atoms. The van der Waals surface area contributed by atoms with Gasteiger partial charge in [0.1, 0.15) is 0 Å². The standard InChI is InChI=1S/C20H18O8/c1-11-3-6-13(7-4-11)18(25)27-20(17(23)24)28-19(26)15-8-5-12(2)9-14(15)10-16(21)22/h3-9,20H,10H2,1-2H3,(H,21,22)(H,23,24)/t20-/m1/s1. The lowest BCUT2D eigenvalue weighted by molar-refractivity contribution is -0.168. The Hall–Kier alpha value is -3.68. The predicted molar refractivity (Wildman–Crippen MR) is 96.0 cm³/mol. The van der Waals surface area contributed by atoms with Crippen LogP contribution in [0.5, 0.6) is 0 Å². The van der Waals surface area contributed by atoms with Gasteiger partial charge in [-0.15, -0.1) is 0 Å². The number of carbonyl (C=O) groups excluding carboxylic acids is 2. The van der Waals surface area contributed by atoms with Crippen LogP contribution in [0.25, 0.3) is 0 Å². The highest BCUT2D eigenvalue weighted by Gasteiger charge is 2.29. The lowest BCUT2D eigenvalue weighted by Gasteiger charge is -2.16. The van der Waals surface area contributed by atoms with Crippen LogP contribution in [0.2, 0.25) is 0 Å². The van der Waals surface area contributed by atoms with Crippen LogP contribution in [0, 0.1) is 13.8 Å². The van der Waals surface area contributed by atoms with Crippen LogP contribution in [-0.2, 0) is 25.5 Å². The third-order valence-corrected chi connectivity index (χ3v) is 3.74. The molecule has 2 N–H and O–H groups in total. The highest BCUT2D eigenvalue weighted by Crippen LogP contribution is 2.16. The van der Waals surface area contributed by atoms with Crippen molar-refractivity contribution in [2.45, 2.75) is 26.6 Å². The molecule has 28 heavy (non-hydrogen) atoms. The molecule has 0 unspecified atom stereocenters. The first-order valence-electron chi connectivity index (χ1n) is 8.20. The van der Waals surface area contributed by atoms with Crippen molar-refractivity contribution in [3.05, 3.63) is 70.3 Å². The lowest BCUT2D eigenvalue weighted by atomic mass is 10.0. The number of esters is 2. The fourth-order valence-corrected chi connectivity index (χ4v) is 2.37. The van der Waals surface area contributed by atoms with E-state index < -0.39 is 36.6 Å². The molecule has 1 atom stereocenters. The number of carbonyl (C=O) groups is 4. The molecule has 0 heterocycles. The maximum absolute atomic E-state index is 12.4. The minimum atomic E-state index is -2.18. The highest BCUT2D eigenvalue weighted by atomic mass is 16.7. The van der Waals surface area contributed by atoms with Crippen LogP contribution >= 0.6 is 0 Å². The van der Waals surface area contributed by atoms with E-state index in [1.807, 2.05) is 6.92 Å². The minimum Gasteiger partial charge on any atom is -0.481 e. The SMILES string of the molecule is Cc1ccc(C(=O)O[C@H](OC(=O)c2ccc(C)cc2CC(=O)O)C(=O)O)cc1. The van der Waals surface area contributed by atoms with E-state index in [-0.39, 0.29) is 16.7 Å². The summed E-state index contributed by atoms with van der Waals surface area (Å²) in [7, 11) is 0. The van der Waals surface area contributed by atoms with Crippen LogP contribution in [-0.4, -0.2) is 40.4 Å². The summed E-state index contributed by atoms with van der Waals surface area (Å²) in [6.45, 7) is 3.52. The zero-order chi connectivity index (χ0) is 20.8. The second kappa shape index (κ2) is 8.81. The van der Waals surface area contributed by atoms with Crippen molar-refractivity contribution in [1.82, 2.24) is 0 Å². The third-order valence-electron chi connectivity index (χ3n) is 3.74. The topological polar surface area (TPSA) is 127 Å². The van der Waals surface area contributed by atoms with Gasteiger partial charge in [-0.3, -0.25) is 4.79 Å². The Bertz CT molecular complexity index is 914. The largest absolute Gasteiger partial charge is 0.481 e. The van der Waals surface area contributed by atoms with Gasteiger partial charge in [-0.05, 0) is 37.6 Å². The van der Waals surface area contributed by atoms with Gasteiger partial charge < -0.3 is 19.7 Å². The number of hydrogen-bond acceptors (Lipinski definition) is 6. The summed E-state index contributed by atoms with van der Waals surface area (Å²) in [4.78, 5) is 46.8. The molecule has 2 aromatic carbocycles. The first kappa shape index (κ1) is 20.6. The van der Waals surface area contributed by atoms with Crippen LogP contribution in [0.15, 0.2) is 42.5 Å². The fraction of sp³-hybridized carbons (Fsp3) is 0.200. The lowest BCUT2D eigenvalue weighted by Crippen LogP contribution is -2.32. The number of aliphatic carboxylic acids is 2. The van der Waals surface area contributed by atoms with Gasteiger partial charge in [0, 0.05) is 0 Å². The van der Waals surface area contributed by atoms with E-state index in [9.17, 15) is 24.3 Å². The van der Waals surface area contributed by atoms with Crippen molar-refractivity contribution in [1.29, 1.82) is 0 Å². The van der Waals surface area contributed by atoms with Crippen LogP contribution < -0.4 is 0 Å². The van der Waals surface area contributed by atoms with Gasteiger partial charge in [0.25, 0.3) is 0 Å². The van der Waals surface area contributed by atoms with E-state index in [4.69, 9.17) is 14.6 Å². The molecule has 0 aromatic heterocycles. The molecule has 2 aromatic rings. The Morgan fingerprint density at radius 1 is 0.857 bits per heavy atom. The highest BCUT2D eigenvalue weighted by molar-refractivity contribution is 5.95. The molecule has 0 saturated carbocycles. The summed E-state index contributed by atoms with van der Waals surface area (Å²) in [5.74, 6) is -4.93. The van der Waals surface area contributed by atoms with E-state index in [0.29, 0.717) is 5.56 Å². The molecule has 146 valence electrons. The van der Waals surface area contributed by atoms with Gasteiger partial charge in [-0.25, -0.2) is 14.4 Å². The van der Waals surface area contributed by atoms with Gasteiger partial charge in [0.05, 0.1) is 17.5 Å². The third kappa shape index (κ3) is 5.41. The molecular weight excluding hydrogens is 368 g/mol. The summed E-state index contributed by atoms with van der Waals surface area (Å²) < 4.78 is 9.58. The van der Waals surface area contributed by atoms with E-state index >= 15 is 0 Å². The Kier molecular flexibility index (Phi) is 6.49. The molecule has 8 nitrogen and oxygen atoms in total. The average Bonchev–Trinajstić information content (AvgIpc) is 2.61. The van der Waals surface area contributed by atoms with Crippen molar-refractivity contribution in [2.75, 3.05) is 0 Å². The number of benzene rings is 2. The first-order valence-corrected chi connectivity index (χ1v) is 8.20. The number of hydrogen-bond donors (Lipinski definition) is 2. The predicted octanol–water partition coefficient (Wildman–Crippen LogP) is 2.36. The molecule has 0 saturated heterocycles. The van der Waals surface area contributed by atoms with Gasteiger partial charge in [-0.1, -0.05) is 35.4 Å². The summed E-state index contributed by atoms with van der Waals surface area (Å²) in [5, 5.41) is 18.2. The van der Waals surface area contributed by atoms with E-state index in [0.717, 1.165) is 5.56 Å². The molecule has 0 spiro atoms. The molecule has 0 fully saturated rings. The Balaban J connectivity index is 2.19. The minimum absolute atomic E-state index is 0.0924. The second-order valence-corrected chi connectivity index (χ2v) is 6.08. The zero-order valence-electron chi connectivity index (χ0n) is 15.2. The quantitative estimate of drug-likeness (QED) is 0.548. The Morgan fingerprint density at radius 3 is 2.00 bits per heavy atom. The Morgan fingerprint density at radius 2 is 1.43 bits per heavy atom. The number of ether oxygens (including phenoxy) is 2. The van der Waals surface area contributed by atoms with Crippen molar-refractivity contribution in [3.8, 4) is 0 Å². The molecule has 0 radical (unpaired) electrons. The molecular formula is C20H18O8. The normalized spacial score (nSPS) is 11.4. The fourth-order valence-electron chi connectivity index (χ4n) is 2.37. The summed E-state index contributed by atoms with van der Waals surface area (Å²) >= 11 is 0. The van der Waals surface area contributed by atoms with E-state index in [1.165, 1.54) is 24.3 Å². The zero-order valence-corrected chi connectivity index (χ0v) is 15.2. The van der Waals surface area contributed by atoms with Crippen molar-refractivity contribution >= 4 is 23.9 Å². The van der Waals surface area contributed by atoms with Gasteiger partial charge in [0.15, 0.2) is 0 Å². The smallest absolute Gasteiger partial charge is 0.387 e. The second-order valence-electron chi connectivity index (χ2n) is 6.08. The van der Waals surface area contributed by atoms with Crippen molar-refractivity contribution < 1.29 is 38.9 Å². The van der Waals surface area contributed by atoms with Gasteiger partial charge >= 0.3 is 30.2 Å². The monoisotopic (exact) mass is 386 g/mol. The number of carboxylic acid groups (broad SMARTS) is 2. The van der Waals surface area contributed by atoms with E-state index in [2.05, 4.69) is 0 Å². The molecule has 0 aliphatic heterocycles. The van der Waals surface area contributed by atoms with Crippen molar-refractivity contribution in [3.63, 3.8) is 0 Å². The van der Waals surface area contributed by atoms with Crippen LogP contribution in [0.4, 0.5) is 0 Å². The molecule has 8 heteroatoms.